The lowest BCUT2D eigenvalue weighted by molar-refractivity contribution is -0.176. The number of amides is 1. The molecule has 2 fully saturated rings. The van der Waals surface area contributed by atoms with Gasteiger partial charge in [-0.05, 0) is 13.3 Å². The number of hydrogen-bond donors (Lipinski definition) is 2. The summed E-state index contributed by atoms with van der Waals surface area (Å²) in [6.45, 7) is 7.14. The van der Waals surface area contributed by atoms with E-state index in [1.807, 2.05) is 20.8 Å². The van der Waals surface area contributed by atoms with E-state index in [2.05, 4.69) is 5.32 Å². The number of rotatable bonds is 4. The molecule has 18 heavy (non-hydrogen) atoms. The molecule has 1 amide bonds. The molecule has 1 aliphatic carbocycles. The van der Waals surface area contributed by atoms with E-state index in [1.165, 1.54) is 0 Å². The van der Waals surface area contributed by atoms with Gasteiger partial charge in [0.25, 0.3) is 0 Å². The Morgan fingerprint density at radius 3 is 2.89 bits per heavy atom. The third-order valence-electron chi connectivity index (χ3n) is 4.62. The minimum atomic E-state index is -0.823. The van der Waals surface area contributed by atoms with Crippen LogP contribution in [0, 0.1) is 11.3 Å². The predicted octanol–water partition coefficient (Wildman–Crippen LogP) is 0.280. The van der Waals surface area contributed by atoms with Crippen LogP contribution in [0.3, 0.4) is 0 Å². The van der Waals surface area contributed by atoms with E-state index < -0.39 is 5.54 Å². The van der Waals surface area contributed by atoms with Gasteiger partial charge in [-0.1, -0.05) is 13.8 Å². The molecular weight excluding hydrogens is 232 g/mol. The summed E-state index contributed by atoms with van der Waals surface area (Å²) in [5.74, 6) is 0.0612. The highest BCUT2D eigenvalue weighted by molar-refractivity contribution is 5.89. The maximum Gasteiger partial charge on any atom is 0.241 e. The zero-order valence-electron chi connectivity index (χ0n) is 11.7. The summed E-state index contributed by atoms with van der Waals surface area (Å²) in [7, 11) is 1.62. The Morgan fingerprint density at radius 1 is 1.61 bits per heavy atom. The van der Waals surface area contributed by atoms with Gasteiger partial charge in [-0.3, -0.25) is 4.79 Å². The molecule has 5 heteroatoms. The number of nitrogens with one attached hydrogen (secondary N) is 1. The first kappa shape index (κ1) is 13.8. The van der Waals surface area contributed by atoms with Crippen molar-refractivity contribution in [3.05, 3.63) is 0 Å². The van der Waals surface area contributed by atoms with Gasteiger partial charge in [0, 0.05) is 31.1 Å². The van der Waals surface area contributed by atoms with Crippen LogP contribution in [0.25, 0.3) is 0 Å². The fraction of sp³-hybridized carbons (Fsp3) is 0.923. The quantitative estimate of drug-likeness (QED) is 0.758. The minimum absolute atomic E-state index is 0.0277. The molecule has 1 heterocycles. The topological polar surface area (TPSA) is 73.6 Å². The van der Waals surface area contributed by atoms with Crippen LogP contribution in [0.1, 0.15) is 27.2 Å². The Bertz CT molecular complexity index is 345. The van der Waals surface area contributed by atoms with E-state index in [0.29, 0.717) is 13.2 Å². The Balaban J connectivity index is 2.09. The summed E-state index contributed by atoms with van der Waals surface area (Å²) in [5.41, 5.74) is 5.28. The lowest BCUT2D eigenvalue weighted by Crippen LogP contribution is -2.80. The van der Waals surface area contributed by atoms with Crippen LogP contribution in [0.5, 0.6) is 0 Å². The van der Waals surface area contributed by atoms with Crippen LogP contribution in [0.15, 0.2) is 0 Å². The smallest absolute Gasteiger partial charge is 0.241 e. The summed E-state index contributed by atoms with van der Waals surface area (Å²) < 4.78 is 10.7. The van der Waals surface area contributed by atoms with Crippen LogP contribution in [-0.4, -0.2) is 43.9 Å². The van der Waals surface area contributed by atoms with Crippen LogP contribution < -0.4 is 11.1 Å². The molecule has 5 nitrogen and oxygen atoms in total. The molecule has 2 rings (SSSR count). The van der Waals surface area contributed by atoms with Crippen molar-refractivity contribution < 1.29 is 14.3 Å². The van der Waals surface area contributed by atoms with E-state index in [9.17, 15) is 4.79 Å². The highest BCUT2D eigenvalue weighted by atomic mass is 16.5. The largest absolute Gasteiger partial charge is 0.383 e. The van der Waals surface area contributed by atoms with E-state index in [-0.39, 0.29) is 29.4 Å². The Kier molecular flexibility index (Phi) is 3.42. The number of fused-ring (bicyclic) bond motifs is 1. The highest BCUT2D eigenvalue weighted by Gasteiger charge is 2.71. The molecule has 1 saturated heterocycles. The van der Waals surface area contributed by atoms with Crippen molar-refractivity contribution in [3.8, 4) is 0 Å². The lowest BCUT2D eigenvalue weighted by atomic mass is 9.48. The van der Waals surface area contributed by atoms with Crippen molar-refractivity contribution in [3.63, 3.8) is 0 Å². The van der Waals surface area contributed by atoms with E-state index in [1.54, 1.807) is 7.11 Å². The number of ether oxygens (including phenoxy) is 2. The van der Waals surface area contributed by atoms with Crippen LogP contribution >= 0.6 is 0 Å². The maximum absolute atomic E-state index is 12.4. The highest BCUT2D eigenvalue weighted by Crippen LogP contribution is 2.58. The van der Waals surface area contributed by atoms with Crippen LogP contribution in [0.2, 0.25) is 0 Å². The second-order valence-electron chi connectivity index (χ2n) is 6.11. The van der Waals surface area contributed by atoms with Gasteiger partial charge in [-0.15, -0.1) is 0 Å². The summed E-state index contributed by atoms with van der Waals surface area (Å²) in [6.07, 6.45) is 0.988. The molecule has 0 aromatic carbocycles. The van der Waals surface area contributed by atoms with Gasteiger partial charge in [0.05, 0.1) is 12.7 Å². The first-order valence-corrected chi connectivity index (χ1v) is 6.56. The van der Waals surface area contributed by atoms with E-state index in [4.69, 9.17) is 15.2 Å². The van der Waals surface area contributed by atoms with E-state index >= 15 is 0 Å². The molecule has 0 bridgehead atoms. The number of nitrogens with two attached hydrogens (primary N) is 1. The molecule has 1 saturated carbocycles. The van der Waals surface area contributed by atoms with Crippen molar-refractivity contribution in [1.82, 2.24) is 5.32 Å². The third kappa shape index (κ3) is 1.68. The molecule has 0 radical (unpaired) electrons. The van der Waals surface area contributed by atoms with Crippen molar-refractivity contribution in [2.75, 3.05) is 20.3 Å². The number of hydrogen-bond acceptors (Lipinski definition) is 4. The predicted molar refractivity (Wildman–Crippen MR) is 68.0 cm³/mol. The SMILES string of the molecule is COCC(C)NC(=O)C1(N)C2CCOC2C1(C)C. The normalized spacial score (nSPS) is 38.7. The van der Waals surface area contributed by atoms with Crippen molar-refractivity contribution >= 4 is 5.91 Å². The van der Waals surface area contributed by atoms with Crippen LogP contribution in [0.4, 0.5) is 0 Å². The Labute approximate surface area is 108 Å². The van der Waals surface area contributed by atoms with Gasteiger partial charge in [0.2, 0.25) is 5.91 Å². The van der Waals surface area contributed by atoms with Crippen molar-refractivity contribution in [1.29, 1.82) is 0 Å². The molecule has 3 N–H and O–H groups in total. The summed E-state index contributed by atoms with van der Waals surface area (Å²) >= 11 is 0. The fourth-order valence-electron chi connectivity index (χ4n) is 3.48. The molecule has 0 spiro atoms. The average molecular weight is 256 g/mol. The van der Waals surface area contributed by atoms with Gasteiger partial charge < -0.3 is 20.5 Å². The first-order chi connectivity index (χ1) is 8.35. The Hall–Kier alpha value is -0.650. The summed E-state index contributed by atoms with van der Waals surface area (Å²) in [6, 6.07) is -0.0277. The standard InChI is InChI=1S/C13H24N2O3/c1-8(7-17-4)15-11(16)13(14)9-5-6-18-10(9)12(13,2)3/h8-10H,5-7,14H2,1-4H3,(H,15,16). The summed E-state index contributed by atoms with van der Waals surface area (Å²) in [4.78, 5) is 12.4. The average Bonchev–Trinajstić information content (AvgIpc) is 2.75. The minimum Gasteiger partial charge on any atom is -0.383 e. The van der Waals surface area contributed by atoms with E-state index in [0.717, 1.165) is 6.42 Å². The number of methoxy groups -OCH3 is 1. The molecule has 4 atom stereocenters. The molecule has 104 valence electrons. The van der Waals surface area contributed by atoms with Gasteiger partial charge in [-0.2, -0.15) is 0 Å². The van der Waals surface area contributed by atoms with Gasteiger partial charge >= 0.3 is 0 Å². The molecule has 4 unspecified atom stereocenters. The second-order valence-corrected chi connectivity index (χ2v) is 6.11. The van der Waals surface area contributed by atoms with Gasteiger partial charge in [0.15, 0.2) is 0 Å². The second kappa shape index (κ2) is 4.47. The van der Waals surface area contributed by atoms with Crippen molar-refractivity contribution in [2.45, 2.75) is 44.9 Å². The molecule has 0 aromatic rings. The first-order valence-electron chi connectivity index (χ1n) is 6.56. The van der Waals surface area contributed by atoms with Gasteiger partial charge in [-0.25, -0.2) is 0 Å². The molecule has 0 aromatic heterocycles. The zero-order valence-corrected chi connectivity index (χ0v) is 11.7. The Morgan fingerprint density at radius 2 is 2.28 bits per heavy atom. The monoisotopic (exact) mass is 256 g/mol. The lowest BCUT2D eigenvalue weighted by Gasteiger charge is -2.60. The van der Waals surface area contributed by atoms with Gasteiger partial charge in [0.1, 0.15) is 5.54 Å². The third-order valence-corrected chi connectivity index (χ3v) is 4.62. The zero-order chi connectivity index (χ0) is 13.6. The number of carbonyl (C=O) groups is 1. The molecule has 1 aliphatic heterocycles. The molecule has 2 aliphatic rings. The van der Waals surface area contributed by atoms with Crippen LogP contribution in [-0.2, 0) is 14.3 Å². The number of carbonyl (C=O) groups excluding carboxylic acids is 1. The fourth-order valence-corrected chi connectivity index (χ4v) is 3.48. The maximum atomic E-state index is 12.4. The van der Waals surface area contributed by atoms with Crippen molar-refractivity contribution in [2.24, 2.45) is 17.1 Å². The summed E-state index contributed by atoms with van der Waals surface area (Å²) in [5, 5.41) is 2.95. The molecular formula is C13H24N2O3.